The summed E-state index contributed by atoms with van der Waals surface area (Å²) in [4.78, 5) is 6.73. The SMILES string of the molecule is N#Cc1ccc(NCC2CN(C3CC3)CCO2)nc1. The van der Waals surface area contributed by atoms with Crippen molar-refractivity contribution in [3.8, 4) is 6.07 Å². The van der Waals surface area contributed by atoms with Crippen molar-refractivity contribution < 1.29 is 4.74 Å². The largest absolute Gasteiger partial charge is 0.374 e. The standard InChI is InChI=1S/C14H18N4O/c15-7-11-1-4-14(16-8-11)17-9-13-10-18(5-6-19-13)12-2-3-12/h1,4,8,12-13H,2-3,5-6,9-10H2,(H,16,17). The highest BCUT2D eigenvalue weighted by molar-refractivity contribution is 5.38. The van der Waals surface area contributed by atoms with Crippen LogP contribution in [0, 0.1) is 11.3 Å². The van der Waals surface area contributed by atoms with Crippen molar-refractivity contribution in [2.45, 2.75) is 25.0 Å². The summed E-state index contributed by atoms with van der Waals surface area (Å²) in [5.74, 6) is 0.797. The van der Waals surface area contributed by atoms with E-state index in [0.717, 1.165) is 38.1 Å². The second kappa shape index (κ2) is 5.55. The van der Waals surface area contributed by atoms with E-state index in [1.807, 2.05) is 6.07 Å². The van der Waals surface area contributed by atoms with Gasteiger partial charge in [0.15, 0.2) is 0 Å². The van der Waals surface area contributed by atoms with Crippen LogP contribution in [0.4, 0.5) is 5.82 Å². The van der Waals surface area contributed by atoms with Crippen LogP contribution in [-0.4, -0.2) is 48.3 Å². The monoisotopic (exact) mass is 258 g/mol. The van der Waals surface area contributed by atoms with Gasteiger partial charge in [0.1, 0.15) is 11.9 Å². The molecule has 1 aliphatic heterocycles. The summed E-state index contributed by atoms with van der Waals surface area (Å²) in [5.41, 5.74) is 0.583. The molecule has 100 valence electrons. The number of rotatable bonds is 4. The maximum absolute atomic E-state index is 8.71. The van der Waals surface area contributed by atoms with Gasteiger partial charge in [-0.3, -0.25) is 4.90 Å². The number of nitriles is 1. The molecule has 5 nitrogen and oxygen atoms in total. The molecule has 0 radical (unpaired) electrons. The van der Waals surface area contributed by atoms with Gasteiger partial charge in [0.2, 0.25) is 0 Å². The molecule has 1 saturated heterocycles. The van der Waals surface area contributed by atoms with E-state index in [1.165, 1.54) is 12.8 Å². The highest BCUT2D eigenvalue weighted by Gasteiger charge is 2.32. The predicted molar refractivity (Wildman–Crippen MR) is 71.8 cm³/mol. The minimum Gasteiger partial charge on any atom is -0.374 e. The molecule has 2 fully saturated rings. The lowest BCUT2D eigenvalue weighted by Crippen LogP contribution is -2.46. The zero-order chi connectivity index (χ0) is 13.1. The van der Waals surface area contributed by atoms with Crippen LogP contribution in [0.2, 0.25) is 0 Å². The first-order chi connectivity index (χ1) is 9.35. The molecule has 2 aliphatic rings. The Morgan fingerprint density at radius 2 is 2.37 bits per heavy atom. The van der Waals surface area contributed by atoms with E-state index in [9.17, 15) is 0 Å². The fourth-order valence-electron chi connectivity index (χ4n) is 2.42. The molecule has 0 amide bonds. The van der Waals surface area contributed by atoms with Gasteiger partial charge in [-0.25, -0.2) is 4.98 Å². The Labute approximate surface area is 113 Å². The van der Waals surface area contributed by atoms with E-state index in [0.29, 0.717) is 5.56 Å². The van der Waals surface area contributed by atoms with E-state index in [1.54, 1.807) is 12.3 Å². The van der Waals surface area contributed by atoms with E-state index in [2.05, 4.69) is 21.3 Å². The third kappa shape index (κ3) is 3.22. The Balaban J connectivity index is 1.49. The number of nitrogens with one attached hydrogen (secondary N) is 1. The van der Waals surface area contributed by atoms with Gasteiger partial charge >= 0.3 is 0 Å². The lowest BCUT2D eigenvalue weighted by atomic mass is 10.2. The van der Waals surface area contributed by atoms with Crippen molar-refractivity contribution in [3.05, 3.63) is 23.9 Å². The molecule has 1 atom stereocenters. The van der Waals surface area contributed by atoms with Crippen LogP contribution in [0.1, 0.15) is 18.4 Å². The molecule has 0 spiro atoms. The number of anilines is 1. The first-order valence-electron chi connectivity index (χ1n) is 6.81. The average molecular weight is 258 g/mol. The third-order valence-electron chi connectivity index (χ3n) is 3.64. The molecule has 1 aromatic rings. The lowest BCUT2D eigenvalue weighted by Gasteiger charge is -2.33. The second-order valence-electron chi connectivity index (χ2n) is 5.14. The highest BCUT2D eigenvalue weighted by atomic mass is 16.5. The van der Waals surface area contributed by atoms with E-state index < -0.39 is 0 Å². The van der Waals surface area contributed by atoms with Crippen LogP contribution >= 0.6 is 0 Å². The molecule has 1 aromatic heterocycles. The molecule has 5 heteroatoms. The molecular formula is C14H18N4O. The van der Waals surface area contributed by atoms with Crippen LogP contribution in [0.15, 0.2) is 18.3 Å². The van der Waals surface area contributed by atoms with Crippen molar-refractivity contribution in [1.82, 2.24) is 9.88 Å². The van der Waals surface area contributed by atoms with Crippen LogP contribution < -0.4 is 5.32 Å². The fraction of sp³-hybridized carbons (Fsp3) is 0.571. The van der Waals surface area contributed by atoms with Gasteiger partial charge < -0.3 is 10.1 Å². The number of nitrogens with zero attached hydrogens (tertiary/aromatic N) is 3. The van der Waals surface area contributed by atoms with Gasteiger partial charge in [0.05, 0.1) is 18.3 Å². The third-order valence-corrected chi connectivity index (χ3v) is 3.64. The minimum absolute atomic E-state index is 0.229. The maximum Gasteiger partial charge on any atom is 0.126 e. The summed E-state index contributed by atoms with van der Waals surface area (Å²) >= 11 is 0. The fourth-order valence-corrected chi connectivity index (χ4v) is 2.42. The van der Waals surface area contributed by atoms with Crippen LogP contribution in [0.5, 0.6) is 0 Å². The average Bonchev–Trinajstić information content (AvgIpc) is 3.31. The minimum atomic E-state index is 0.229. The maximum atomic E-state index is 8.71. The Morgan fingerprint density at radius 3 is 3.05 bits per heavy atom. The first kappa shape index (κ1) is 12.4. The number of aromatic nitrogens is 1. The van der Waals surface area contributed by atoms with Gasteiger partial charge in [-0.1, -0.05) is 0 Å². The molecule has 3 rings (SSSR count). The van der Waals surface area contributed by atoms with Gasteiger partial charge in [-0.15, -0.1) is 0 Å². The molecular weight excluding hydrogens is 240 g/mol. The number of pyridine rings is 1. The Hall–Kier alpha value is -1.64. The molecule has 1 aliphatic carbocycles. The zero-order valence-corrected chi connectivity index (χ0v) is 10.9. The summed E-state index contributed by atoms with van der Waals surface area (Å²) in [6.07, 6.45) is 4.50. The molecule has 1 saturated carbocycles. The summed E-state index contributed by atoms with van der Waals surface area (Å²) in [7, 11) is 0. The van der Waals surface area contributed by atoms with E-state index >= 15 is 0 Å². The number of hydrogen-bond acceptors (Lipinski definition) is 5. The van der Waals surface area contributed by atoms with Crippen molar-refractivity contribution >= 4 is 5.82 Å². The molecule has 0 bridgehead atoms. The summed E-state index contributed by atoms with van der Waals surface area (Å²) < 4.78 is 5.77. The van der Waals surface area contributed by atoms with Crippen molar-refractivity contribution in [2.75, 3.05) is 31.6 Å². The Kier molecular flexibility index (Phi) is 3.62. The van der Waals surface area contributed by atoms with Crippen molar-refractivity contribution in [3.63, 3.8) is 0 Å². The van der Waals surface area contributed by atoms with Gasteiger partial charge in [0.25, 0.3) is 0 Å². The van der Waals surface area contributed by atoms with Gasteiger partial charge in [-0.05, 0) is 25.0 Å². The second-order valence-corrected chi connectivity index (χ2v) is 5.14. The van der Waals surface area contributed by atoms with Crippen molar-refractivity contribution in [1.29, 1.82) is 5.26 Å². The zero-order valence-electron chi connectivity index (χ0n) is 10.9. The summed E-state index contributed by atoms with van der Waals surface area (Å²) in [6.45, 7) is 3.66. The Morgan fingerprint density at radius 1 is 1.47 bits per heavy atom. The van der Waals surface area contributed by atoms with Crippen LogP contribution in [0.3, 0.4) is 0 Å². The lowest BCUT2D eigenvalue weighted by molar-refractivity contribution is -0.0241. The highest BCUT2D eigenvalue weighted by Crippen LogP contribution is 2.28. The molecule has 1 N–H and O–H groups in total. The predicted octanol–water partition coefficient (Wildman–Crippen LogP) is 1.23. The number of ether oxygens (including phenoxy) is 1. The number of hydrogen-bond donors (Lipinski definition) is 1. The Bertz CT molecular complexity index is 463. The molecule has 19 heavy (non-hydrogen) atoms. The number of morpholine rings is 1. The van der Waals surface area contributed by atoms with E-state index in [-0.39, 0.29) is 6.10 Å². The molecule has 1 unspecified atom stereocenters. The molecule has 0 aromatic carbocycles. The van der Waals surface area contributed by atoms with Crippen LogP contribution in [-0.2, 0) is 4.74 Å². The summed E-state index contributed by atoms with van der Waals surface area (Å²) in [6, 6.07) is 6.47. The normalized spacial score (nSPS) is 23.8. The molecule has 2 heterocycles. The van der Waals surface area contributed by atoms with Crippen LogP contribution in [0.25, 0.3) is 0 Å². The topological polar surface area (TPSA) is 61.2 Å². The van der Waals surface area contributed by atoms with Crippen molar-refractivity contribution in [2.24, 2.45) is 0 Å². The van der Waals surface area contributed by atoms with Gasteiger partial charge in [-0.2, -0.15) is 5.26 Å². The quantitative estimate of drug-likeness (QED) is 0.880. The first-order valence-corrected chi connectivity index (χ1v) is 6.81. The van der Waals surface area contributed by atoms with E-state index in [4.69, 9.17) is 10.00 Å². The summed E-state index contributed by atoms with van der Waals surface area (Å²) in [5, 5.41) is 12.0. The smallest absolute Gasteiger partial charge is 0.126 e. The van der Waals surface area contributed by atoms with Gasteiger partial charge in [0, 0.05) is 31.9 Å².